The molecule has 0 radical (unpaired) electrons. The molecule has 1 heterocycles. The summed E-state index contributed by atoms with van der Waals surface area (Å²) in [5.74, 6) is 0.569. The molecule has 0 bridgehead atoms. The van der Waals surface area contributed by atoms with E-state index < -0.39 is 5.91 Å². The van der Waals surface area contributed by atoms with Gasteiger partial charge in [-0.3, -0.25) is 14.5 Å². The van der Waals surface area contributed by atoms with Crippen molar-refractivity contribution in [1.82, 2.24) is 4.90 Å². The van der Waals surface area contributed by atoms with Crippen LogP contribution in [0.15, 0.2) is 59.5 Å². The fraction of sp³-hybridized carbons (Fsp3) is 0.120. The summed E-state index contributed by atoms with van der Waals surface area (Å²) in [6.45, 7) is 0.277. The maximum atomic E-state index is 12.9. The number of ether oxygens (including phenoxy) is 2. The third kappa shape index (κ3) is 6.08. The number of methoxy groups -OCH3 is 1. The van der Waals surface area contributed by atoms with E-state index in [0.29, 0.717) is 47.6 Å². The van der Waals surface area contributed by atoms with Gasteiger partial charge in [0.2, 0.25) is 0 Å². The number of imide groups is 1. The summed E-state index contributed by atoms with van der Waals surface area (Å²) in [4.78, 5) is 26.9. The smallest absolute Gasteiger partial charge is 0.293 e. The Morgan fingerprint density at radius 2 is 1.51 bits per heavy atom. The largest absolute Gasteiger partial charge is 0.493 e. The summed E-state index contributed by atoms with van der Waals surface area (Å²) in [7, 11) is 1.52. The summed E-state index contributed by atoms with van der Waals surface area (Å²) in [6.07, 6.45) is 1.64. The van der Waals surface area contributed by atoms with Gasteiger partial charge in [0.25, 0.3) is 11.1 Å². The summed E-state index contributed by atoms with van der Waals surface area (Å²) >= 11 is 25.1. The molecule has 1 saturated heterocycles. The zero-order valence-corrected chi connectivity index (χ0v) is 22.0. The SMILES string of the molecule is COc1cc(/C=C2/SC(=O)N(Cc3ccc(Cl)cc3Cl)C2=O)ccc1OCc1ccc(Cl)cc1Cl. The lowest BCUT2D eigenvalue weighted by atomic mass is 10.1. The van der Waals surface area contributed by atoms with Gasteiger partial charge in [-0.25, -0.2) is 0 Å². The van der Waals surface area contributed by atoms with Crippen LogP contribution in [0.3, 0.4) is 0 Å². The average Bonchev–Trinajstić information content (AvgIpc) is 3.07. The molecule has 0 atom stereocenters. The average molecular weight is 569 g/mol. The minimum absolute atomic E-state index is 0.0569. The topological polar surface area (TPSA) is 55.8 Å². The van der Waals surface area contributed by atoms with Gasteiger partial charge in [-0.15, -0.1) is 0 Å². The Hall–Kier alpha value is -2.35. The van der Waals surface area contributed by atoms with E-state index >= 15 is 0 Å². The highest BCUT2D eigenvalue weighted by Crippen LogP contribution is 2.36. The number of rotatable bonds is 7. The number of hydrogen-bond donors (Lipinski definition) is 0. The van der Waals surface area contributed by atoms with Crippen molar-refractivity contribution in [1.29, 1.82) is 0 Å². The Kier molecular flexibility index (Phi) is 8.19. The Balaban J connectivity index is 1.49. The second-order valence-corrected chi connectivity index (χ2v) is 10.1. The van der Waals surface area contributed by atoms with Crippen molar-refractivity contribution >= 4 is 75.4 Å². The maximum absolute atomic E-state index is 12.9. The number of benzene rings is 3. The van der Waals surface area contributed by atoms with E-state index in [-0.39, 0.29) is 18.4 Å². The number of carbonyl (C=O) groups excluding carboxylic acids is 2. The molecule has 4 rings (SSSR count). The van der Waals surface area contributed by atoms with Crippen molar-refractivity contribution in [2.45, 2.75) is 13.2 Å². The van der Waals surface area contributed by atoms with Crippen LogP contribution in [-0.4, -0.2) is 23.2 Å². The van der Waals surface area contributed by atoms with Crippen molar-refractivity contribution in [3.05, 3.63) is 96.3 Å². The Morgan fingerprint density at radius 1 is 0.857 bits per heavy atom. The highest BCUT2D eigenvalue weighted by atomic mass is 35.5. The zero-order chi connectivity index (χ0) is 25.1. The first kappa shape index (κ1) is 25.7. The van der Waals surface area contributed by atoms with Gasteiger partial charge in [-0.1, -0.05) is 64.6 Å². The van der Waals surface area contributed by atoms with Crippen LogP contribution in [0.4, 0.5) is 4.79 Å². The lowest BCUT2D eigenvalue weighted by Gasteiger charge is -2.14. The molecule has 3 aromatic carbocycles. The third-order valence-corrected chi connectivity index (χ3v) is 7.18. The monoisotopic (exact) mass is 567 g/mol. The molecule has 0 N–H and O–H groups in total. The fourth-order valence-electron chi connectivity index (χ4n) is 3.30. The molecule has 0 saturated carbocycles. The van der Waals surface area contributed by atoms with Gasteiger partial charge in [0, 0.05) is 25.7 Å². The first-order valence-corrected chi connectivity index (χ1v) is 12.5. The highest BCUT2D eigenvalue weighted by Gasteiger charge is 2.35. The van der Waals surface area contributed by atoms with Crippen LogP contribution >= 0.6 is 58.2 Å². The summed E-state index contributed by atoms with van der Waals surface area (Å²) in [6, 6.07) is 15.3. The minimum atomic E-state index is -0.400. The molecule has 180 valence electrons. The molecule has 0 unspecified atom stereocenters. The number of nitrogens with zero attached hydrogens (tertiary/aromatic N) is 1. The van der Waals surface area contributed by atoms with Crippen LogP contribution in [0, 0.1) is 0 Å². The van der Waals surface area contributed by atoms with Crippen LogP contribution < -0.4 is 9.47 Å². The molecule has 0 spiro atoms. The number of hydrogen-bond acceptors (Lipinski definition) is 5. The lowest BCUT2D eigenvalue weighted by molar-refractivity contribution is -0.123. The highest BCUT2D eigenvalue weighted by molar-refractivity contribution is 8.18. The number of halogens is 4. The molecule has 3 aromatic rings. The molecular formula is C25H17Cl4NO4S. The van der Waals surface area contributed by atoms with Gasteiger partial charge in [0.1, 0.15) is 6.61 Å². The van der Waals surface area contributed by atoms with Crippen molar-refractivity contribution < 1.29 is 19.1 Å². The van der Waals surface area contributed by atoms with Crippen LogP contribution in [0.2, 0.25) is 20.1 Å². The number of thioether (sulfide) groups is 1. The Bertz CT molecular complexity index is 1350. The predicted molar refractivity (Wildman–Crippen MR) is 142 cm³/mol. The van der Waals surface area contributed by atoms with Crippen molar-refractivity contribution in [3.63, 3.8) is 0 Å². The molecule has 1 fully saturated rings. The second kappa shape index (κ2) is 11.1. The molecular weight excluding hydrogens is 552 g/mol. The number of carbonyl (C=O) groups is 2. The van der Waals surface area contributed by atoms with Crippen LogP contribution in [0.25, 0.3) is 6.08 Å². The maximum Gasteiger partial charge on any atom is 0.293 e. The molecule has 1 aliphatic rings. The van der Waals surface area contributed by atoms with E-state index in [1.807, 2.05) is 0 Å². The quantitative estimate of drug-likeness (QED) is 0.269. The second-order valence-electron chi connectivity index (χ2n) is 7.44. The van der Waals surface area contributed by atoms with Gasteiger partial charge in [0.05, 0.1) is 18.6 Å². The number of amides is 2. The summed E-state index contributed by atoms with van der Waals surface area (Å²) in [5, 5.41) is 1.54. The van der Waals surface area contributed by atoms with E-state index in [0.717, 1.165) is 22.2 Å². The van der Waals surface area contributed by atoms with Gasteiger partial charge >= 0.3 is 0 Å². The van der Waals surface area contributed by atoms with Crippen molar-refractivity contribution in [2.75, 3.05) is 7.11 Å². The molecule has 10 heteroatoms. The first-order valence-electron chi connectivity index (χ1n) is 10.2. The Labute approximate surface area is 226 Å². The van der Waals surface area contributed by atoms with E-state index in [9.17, 15) is 9.59 Å². The molecule has 2 amide bonds. The molecule has 1 aliphatic heterocycles. The van der Waals surface area contributed by atoms with Crippen molar-refractivity contribution in [3.8, 4) is 11.5 Å². The molecule has 5 nitrogen and oxygen atoms in total. The van der Waals surface area contributed by atoms with E-state index in [2.05, 4.69) is 0 Å². The predicted octanol–water partition coefficient (Wildman–Crippen LogP) is 8.12. The normalized spacial score (nSPS) is 14.7. The van der Waals surface area contributed by atoms with E-state index in [1.165, 1.54) is 7.11 Å². The summed E-state index contributed by atoms with van der Waals surface area (Å²) < 4.78 is 11.3. The molecule has 35 heavy (non-hydrogen) atoms. The first-order chi connectivity index (χ1) is 16.7. The Morgan fingerprint density at radius 3 is 2.14 bits per heavy atom. The van der Waals surface area contributed by atoms with Crippen LogP contribution in [0.5, 0.6) is 11.5 Å². The standard InChI is InChI=1S/C25H17Cl4NO4S/c1-33-22-8-14(2-7-21(22)34-13-16-4-6-18(27)11-20(16)29)9-23-24(31)30(25(32)35-23)12-15-3-5-17(26)10-19(15)28/h2-11H,12-13H2,1H3/b23-9+. The summed E-state index contributed by atoms with van der Waals surface area (Å²) in [5.41, 5.74) is 2.08. The van der Waals surface area contributed by atoms with Crippen molar-refractivity contribution in [2.24, 2.45) is 0 Å². The molecule has 0 aliphatic carbocycles. The van der Waals surface area contributed by atoms with E-state index in [4.69, 9.17) is 55.9 Å². The lowest BCUT2D eigenvalue weighted by Crippen LogP contribution is -2.27. The van der Waals surface area contributed by atoms with Crippen LogP contribution in [0.1, 0.15) is 16.7 Å². The van der Waals surface area contributed by atoms with Gasteiger partial charge in [-0.05, 0) is 65.4 Å². The van der Waals surface area contributed by atoms with Gasteiger partial charge in [0.15, 0.2) is 11.5 Å². The molecule has 0 aromatic heterocycles. The third-order valence-electron chi connectivity index (χ3n) is 5.10. The fourth-order valence-corrected chi connectivity index (χ4v) is 5.06. The van der Waals surface area contributed by atoms with Gasteiger partial charge < -0.3 is 9.47 Å². The van der Waals surface area contributed by atoms with Gasteiger partial charge in [-0.2, -0.15) is 0 Å². The minimum Gasteiger partial charge on any atom is -0.493 e. The van der Waals surface area contributed by atoms with E-state index in [1.54, 1.807) is 60.7 Å². The van der Waals surface area contributed by atoms with Crippen LogP contribution in [-0.2, 0) is 17.9 Å². The zero-order valence-electron chi connectivity index (χ0n) is 18.2.